The fourth-order valence-corrected chi connectivity index (χ4v) is 2.91. The fraction of sp³-hybridized carbons (Fsp3) is 0.105. The van der Waals surface area contributed by atoms with Crippen LogP contribution in [0.3, 0.4) is 0 Å². The number of carbonyl (C=O) groups is 1. The van der Waals surface area contributed by atoms with Gasteiger partial charge in [0.1, 0.15) is 5.82 Å². The standard InChI is InChI=1S/C19H15Cl2FN2O3/c1-26-19(25)18-16(9-10-23-13-7-5-12(20)6-8-13)27-11-24(18)17-14(21)3-2-4-15(17)22/h2-10,23H,11H2,1H3/b10-9+. The Bertz CT molecular complexity index is 893. The molecule has 1 aliphatic rings. The monoisotopic (exact) mass is 408 g/mol. The number of ether oxygens (including phenoxy) is 2. The Labute approximate surface area is 165 Å². The minimum absolute atomic E-state index is 0.0497. The van der Waals surface area contributed by atoms with Gasteiger partial charge in [-0.05, 0) is 42.5 Å². The van der Waals surface area contributed by atoms with Crippen LogP contribution in [0.2, 0.25) is 10.0 Å². The maximum Gasteiger partial charge on any atom is 0.358 e. The Morgan fingerprint density at radius 3 is 2.67 bits per heavy atom. The van der Waals surface area contributed by atoms with Gasteiger partial charge >= 0.3 is 5.97 Å². The summed E-state index contributed by atoms with van der Waals surface area (Å²) in [4.78, 5) is 13.6. The number of methoxy groups -OCH3 is 1. The SMILES string of the molecule is COC(=O)C1=C(/C=C/Nc2ccc(Cl)cc2)OCN1c1c(F)cccc1Cl. The minimum atomic E-state index is -0.669. The summed E-state index contributed by atoms with van der Waals surface area (Å²) in [6.07, 6.45) is 3.14. The molecule has 140 valence electrons. The first-order chi connectivity index (χ1) is 13.0. The highest BCUT2D eigenvalue weighted by molar-refractivity contribution is 6.33. The van der Waals surface area contributed by atoms with Crippen molar-refractivity contribution >= 4 is 40.5 Å². The number of esters is 1. The number of benzene rings is 2. The zero-order chi connectivity index (χ0) is 19.4. The van der Waals surface area contributed by atoms with Crippen LogP contribution in [0.5, 0.6) is 0 Å². The first kappa shape index (κ1) is 19.1. The summed E-state index contributed by atoms with van der Waals surface area (Å²) in [7, 11) is 1.24. The van der Waals surface area contributed by atoms with E-state index in [2.05, 4.69) is 5.32 Å². The Balaban J connectivity index is 1.90. The van der Waals surface area contributed by atoms with Gasteiger partial charge in [-0.25, -0.2) is 9.18 Å². The smallest absolute Gasteiger partial charge is 0.358 e. The number of hydrogen-bond acceptors (Lipinski definition) is 5. The number of nitrogens with one attached hydrogen (secondary N) is 1. The second-order valence-electron chi connectivity index (χ2n) is 5.46. The highest BCUT2D eigenvalue weighted by Crippen LogP contribution is 2.36. The van der Waals surface area contributed by atoms with Crippen LogP contribution in [0.15, 0.2) is 66.2 Å². The molecule has 8 heteroatoms. The summed E-state index contributed by atoms with van der Waals surface area (Å²) in [5, 5.41) is 3.81. The molecule has 1 N–H and O–H groups in total. The van der Waals surface area contributed by atoms with E-state index >= 15 is 0 Å². The lowest BCUT2D eigenvalue weighted by molar-refractivity contribution is -0.136. The predicted octanol–water partition coefficient (Wildman–Crippen LogP) is 4.94. The van der Waals surface area contributed by atoms with Gasteiger partial charge in [-0.3, -0.25) is 4.90 Å². The van der Waals surface area contributed by atoms with E-state index < -0.39 is 11.8 Å². The zero-order valence-corrected chi connectivity index (χ0v) is 15.7. The first-order valence-electron chi connectivity index (χ1n) is 7.87. The van der Waals surface area contributed by atoms with Gasteiger partial charge in [-0.15, -0.1) is 0 Å². The van der Waals surface area contributed by atoms with E-state index in [9.17, 15) is 9.18 Å². The van der Waals surface area contributed by atoms with Gasteiger partial charge in [0.15, 0.2) is 18.2 Å². The van der Waals surface area contributed by atoms with Crippen LogP contribution in [0, 0.1) is 5.82 Å². The second kappa shape index (κ2) is 8.33. The molecular formula is C19H15Cl2FN2O3. The van der Waals surface area contributed by atoms with Gasteiger partial charge in [0.2, 0.25) is 0 Å². The lowest BCUT2D eigenvalue weighted by Gasteiger charge is -2.20. The highest BCUT2D eigenvalue weighted by Gasteiger charge is 2.33. The van der Waals surface area contributed by atoms with E-state index in [1.54, 1.807) is 36.5 Å². The van der Waals surface area contributed by atoms with E-state index in [0.717, 1.165) is 5.69 Å². The van der Waals surface area contributed by atoms with E-state index in [1.165, 1.54) is 30.2 Å². The number of halogens is 3. The molecule has 0 bridgehead atoms. The molecular weight excluding hydrogens is 394 g/mol. The normalized spacial score (nSPS) is 13.9. The third-order valence-corrected chi connectivity index (χ3v) is 4.32. The third-order valence-electron chi connectivity index (χ3n) is 3.77. The summed E-state index contributed by atoms with van der Waals surface area (Å²) in [6, 6.07) is 11.3. The van der Waals surface area contributed by atoms with Crippen LogP contribution in [0.4, 0.5) is 15.8 Å². The molecule has 0 radical (unpaired) electrons. The fourth-order valence-electron chi connectivity index (χ4n) is 2.52. The van der Waals surface area contributed by atoms with E-state index in [1.807, 2.05) is 0 Å². The largest absolute Gasteiger partial charge is 0.470 e. The minimum Gasteiger partial charge on any atom is -0.470 e. The Morgan fingerprint density at radius 2 is 2.00 bits per heavy atom. The average Bonchev–Trinajstić information content (AvgIpc) is 3.06. The van der Waals surface area contributed by atoms with Crippen molar-refractivity contribution in [3.05, 3.63) is 82.1 Å². The molecule has 0 aromatic heterocycles. The Morgan fingerprint density at radius 1 is 1.26 bits per heavy atom. The molecule has 2 aromatic carbocycles. The molecule has 5 nitrogen and oxygen atoms in total. The van der Waals surface area contributed by atoms with Crippen LogP contribution in [0.25, 0.3) is 0 Å². The molecule has 2 aromatic rings. The average molecular weight is 409 g/mol. The molecule has 0 aliphatic carbocycles. The van der Waals surface area contributed by atoms with E-state index in [-0.39, 0.29) is 28.9 Å². The first-order valence-corrected chi connectivity index (χ1v) is 8.62. The molecule has 0 saturated heterocycles. The van der Waals surface area contributed by atoms with Crippen molar-refractivity contribution in [3.8, 4) is 0 Å². The second-order valence-corrected chi connectivity index (χ2v) is 6.30. The van der Waals surface area contributed by atoms with Crippen molar-refractivity contribution in [1.82, 2.24) is 0 Å². The van der Waals surface area contributed by atoms with Crippen LogP contribution in [0.1, 0.15) is 0 Å². The maximum absolute atomic E-state index is 14.3. The molecule has 0 amide bonds. The highest BCUT2D eigenvalue weighted by atomic mass is 35.5. The van der Waals surface area contributed by atoms with Crippen LogP contribution < -0.4 is 10.2 Å². The van der Waals surface area contributed by atoms with Gasteiger partial charge in [0.05, 0.1) is 17.8 Å². The molecule has 3 rings (SSSR count). The van der Waals surface area contributed by atoms with Gasteiger partial charge in [0.25, 0.3) is 0 Å². The van der Waals surface area contributed by atoms with Crippen molar-refractivity contribution in [2.45, 2.75) is 0 Å². The lowest BCUT2D eigenvalue weighted by atomic mass is 10.2. The van der Waals surface area contributed by atoms with Gasteiger partial charge < -0.3 is 14.8 Å². The topological polar surface area (TPSA) is 50.8 Å². The number of para-hydroxylation sites is 1. The Kier molecular flexibility index (Phi) is 5.88. The molecule has 0 spiro atoms. The summed E-state index contributed by atoms with van der Waals surface area (Å²) < 4.78 is 24.7. The predicted molar refractivity (Wildman–Crippen MR) is 103 cm³/mol. The van der Waals surface area contributed by atoms with E-state index in [0.29, 0.717) is 5.02 Å². The van der Waals surface area contributed by atoms with Crippen LogP contribution in [-0.4, -0.2) is 19.8 Å². The zero-order valence-electron chi connectivity index (χ0n) is 14.2. The van der Waals surface area contributed by atoms with Gasteiger partial charge in [0, 0.05) is 16.9 Å². The number of hydrogen-bond donors (Lipinski definition) is 1. The molecule has 0 saturated carbocycles. The number of carbonyl (C=O) groups excluding carboxylic acids is 1. The number of rotatable bonds is 5. The quantitative estimate of drug-likeness (QED) is 0.710. The van der Waals surface area contributed by atoms with Crippen molar-refractivity contribution < 1.29 is 18.7 Å². The molecule has 27 heavy (non-hydrogen) atoms. The van der Waals surface area contributed by atoms with Crippen molar-refractivity contribution in [3.63, 3.8) is 0 Å². The van der Waals surface area contributed by atoms with Crippen LogP contribution >= 0.6 is 23.2 Å². The van der Waals surface area contributed by atoms with Crippen LogP contribution in [-0.2, 0) is 14.3 Å². The summed E-state index contributed by atoms with van der Waals surface area (Å²) in [6.45, 7) is -0.0777. The summed E-state index contributed by atoms with van der Waals surface area (Å²) in [5.41, 5.74) is 0.898. The maximum atomic E-state index is 14.3. The summed E-state index contributed by atoms with van der Waals surface area (Å²) in [5.74, 6) is -1.02. The number of anilines is 2. The van der Waals surface area contributed by atoms with Gasteiger partial charge in [-0.1, -0.05) is 29.3 Å². The van der Waals surface area contributed by atoms with Gasteiger partial charge in [-0.2, -0.15) is 0 Å². The molecule has 1 heterocycles. The molecule has 1 aliphatic heterocycles. The third kappa shape index (κ3) is 4.18. The lowest BCUT2D eigenvalue weighted by Crippen LogP contribution is -2.26. The molecule has 0 atom stereocenters. The summed E-state index contributed by atoms with van der Waals surface area (Å²) >= 11 is 12.0. The van der Waals surface area contributed by atoms with Crippen molar-refractivity contribution in [2.24, 2.45) is 0 Å². The number of allylic oxidation sites excluding steroid dienone is 1. The Hall–Kier alpha value is -2.70. The van der Waals surface area contributed by atoms with Crippen molar-refractivity contribution in [1.29, 1.82) is 0 Å². The van der Waals surface area contributed by atoms with E-state index in [4.69, 9.17) is 32.7 Å². The molecule has 0 fully saturated rings. The number of nitrogens with zero attached hydrogens (tertiary/aromatic N) is 1. The van der Waals surface area contributed by atoms with Crippen molar-refractivity contribution in [2.75, 3.05) is 24.1 Å². The molecule has 0 unspecified atom stereocenters.